The fourth-order valence-corrected chi connectivity index (χ4v) is 3.70. The van der Waals surface area contributed by atoms with Crippen LogP contribution in [0.15, 0.2) is 53.0 Å². The number of halogens is 1. The molecule has 2 N–H and O–H groups in total. The molecule has 0 amide bonds. The van der Waals surface area contributed by atoms with Crippen LogP contribution >= 0.6 is 15.9 Å². The molecule has 0 heterocycles. The normalized spacial score (nSPS) is 17.0. The molecule has 2 aromatic carbocycles. The Bertz CT molecular complexity index is 635. The fourth-order valence-electron chi connectivity index (χ4n) is 3.34. The third-order valence-corrected chi connectivity index (χ3v) is 5.29. The van der Waals surface area contributed by atoms with Gasteiger partial charge in [-0.2, -0.15) is 0 Å². The maximum Gasteiger partial charge on any atom is 0.134 e. The van der Waals surface area contributed by atoms with E-state index < -0.39 is 0 Å². The van der Waals surface area contributed by atoms with Gasteiger partial charge in [0.15, 0.2) is 0 Å². The summed E-state index contributed by atoms with van der Waals surface area (Å²) >= 11 is 3.59. The second-order valence-electron chi connectivity index (χ2n) is 6.64. The lowest BCUT2D eigenvalue weighted by molar-refractivity contribution is 0.291. The van der Waals surface area contributed by atoms with Gasteiger partial charge in [-0.1, -0.05) is 55.7 Å². The van der Waals surface area contributed by atoms with Gasteiger partial charge in [0.05, 0.1) is 4.47 Å². The molecule has 0 spiro atoms. The van der Waals surface area contributed by atoms with Gasteiger partial charge < -0.3 is 10.5 Å². The van der Waals surface area contributed by atoms with E-state index in [1.807, 2.05) is 18.2 Å². The maximum atomic E-state index is 6.59. The van der Waals surface area contributed by atoms with Crippen LogP contribution in [-0.2, 0) is 13.0 Å². The highest BCUT2D eigenvalue weighted by Crippen LogP contribution is 2.32. The Morgan fingerprint density at radius 1 is 0.957 bits per heavy atom. The number of nitrogens with two attached hydrogens (primary N) is 1. The zero-order valence-corrected chi connectivity index (χ0v) is 15.0. The summed E-state index contributed by atoms with van der Waals surface area (Å²) in [6, 6.07) is 16.6. The molecule has 0 unspecified atom stereocenters. The second-order valence-corrected chi connectivity index (χ2v) is 7.49. The predicted octanol–water partition coefficient (Wildman–Crippen LogP) is 5.23. The standard InChI is InChI=1S/C20H24BrNO/c21-18-10-9-17(14-20(22)11-5-2-6-12-20)13-19(18)23-15-16-7-3-1-4-8-16/h1,3-4,7-10,13H,2,5-6,11-12,14-15,22H2. The van der Waals surface area contributed by atoms with Gasteiger partial charge in [-0.3, -0.25) is 0 Å². The Hall–Kier alpha value is -1.32. The van der Waals surface area contributed by atoms with Crippen LogP contribution in [0.3, 0.4) is 0 Å². The van der Waals surface area contributed by atoms with Crippen molar-refractivity contribution in [1.82, 2.24) is 0 Å². The molecule has 0 saturated heterocycles. The second kappa shape index (κ2) is 7.50. The summed E-state index contributed by atoms with van der Waals surface area (Å²) in [5.41, 5.74) is 8.99. The predicted molar refractivity (Wildman–Crippen MR) is 98.6 cm³/mol. The summed E-state index contributed by atoms with van der Waals surface area (Å²) in [5.74, 6) is 0.894. The number of hydrogen-bond donors (Lipinski definition) is 1. The van der Waals surface area contributed by atoms with Crippen LogP contribution in [0.25, 0.3) is 0 Å². The molecular weight excluding hydrogens is 350 g/mol. The van der Waals surface area contributed by atoms with E-state index in [4.69, 9.17) is 10.5 Å². The zero-order chi connectivity index (χ0) is 16.1. The Balaban J connectivity index is 1.68. The first kappa shape index (κ1) is 16.5. The largest absolute Gasteiger partial charge is 0.488 e. The molecule has 2 aromatic rings. The first-order valence-corrected chi connectivity index (χ1v) is 9.18. The van der Waals surface area contributed by atoms with Crippen LogP contribution in [0, 0.1) is 0 Å². The van der Waals surface area contributed by atoms with Crippen LogP contribution in [0.5, 0.6) is 5.75 Å². The summed E-state index contributed by atoms with van der Waals surface area (Å²) in [6.45, 7) is 0.580. The number of rotatable bonds is 5. The number of benzene rings is 2. The molecule has 0 radical (unpaired) electrons. The van der Waals surface area contributed by atoms with Crippen LogP contribution in [0.1, 0.15) is 43.2 Å². The summed E-state index contributed by atoms with van der Waals surface area (Å²) in [4.78, 5) is 0. The highest BCUT2D eigenvalue weighted by molar-refractivity contribution is 9.10. The third-order valence-electron chi connectivity index (χ3n) is 4.64. The van der Waals surface area contributed by atoms with E-state index in [0.29, 0.717) is 6.61 Å². The summed E-state index contributed by atoms with van der Waals surface area (Å²) < 4.78 is 6.99. The van der Waals surface area contributed by atoms with E-state index in [0.717, 1.165) is 29.5 Å². The molecule has 0 atom stereocenters. The average molecular weight is 374 g/mol. The monoisotopic (exact) mass is 373 g/mol. The van der Waals surface area contributed by atoms with Crippen molar-refractivity contribution in [1.29, 1.82) is 0 Å². The van der Waals surface area contributed by atoms with E-state index in [2.05, 4.69) is 46.3 Å². The van der Waals surface area contributed by atoms with Crippen molar-refractivity contribution < 1.29 is 4.74 Å². The van der Waals surface area contributed by atoms with Gasteiger partial charge in [0.25, 0.3) is 0 Å². The molecule has 1 aliphatic carbocycles. The van der Waals surface area contributed by atoms with Crippen LogP contribution < -0.4 is 10.5 Å². The fraction of sp³-hybridized carbons (Fsp3) is 0.400. The highest BCUT2D eigenvalue weighted by atomic mass is 79.9. The zero-order valence-electron chi connectivity index (χ0n) is 13.4. The van der Waals surface area contributed by atoms with E-state index in [1.54, 1.807) is 0 Å². The molecule has 23 heavy (non-hydrogen) atoms. The molecule has 1 saturated carbocycles. The van der Waals surface area contributed by atoms with Gasteiger partial charge >= 0.3 is 0 Å². The first-order valence-electron chi connectivity index (χ1n) is 8.39. The van der Waals surface area contributed by atoms with Gasteiger partial charge in [-0.25, -0.2) is 0 Å². The van der Waals surface area contributed by atoms with Crippen molar-refractivity contribution in [3.05, 3.63) is 64.1 Å². The lowest BCUT2D eigenvalue weighted by atomic mass is 9.78. The topological polar surface area (TPSA) is 35.2 Å². The maximum absolute atomic E-state index is 6.59. The van der Waals surface area contributed by atoms with Crippen molar-refractivity contribution in [3.63, 3.8) is 0 Å². The Morgan fingerprint density at radius 3 is 2.43 bits per heavy atom. The van der Waals surface area contributed by atoms with E-state index in [9.17, 15) is 0 Å². The van der Waals surface area contributed by atoms with Gasteiger partial charge in [0.1, 0.15) is 12.4 Å². The molecule has 2 nitrogen and oxygen atoms in total. The van der Waals surface area contributed by atoms with Crippen molar-refractivity contribution in [2.45, 2.75) is 50.7 Å². The van der Waals surface area contributed by atoms with Crippen LogP contribution in [-0.4, -0.2) is 5.54 Å². The molecule has 3 heteroatoms. The van der Waals surface area contributed by atoms with Gasteiger partial charge in [0, 0.05) is 5.54 Å². The molecule has 3 rings (SSSR count). The van der Waals surface area contributed by atoms with E-state index >= 15 is 0 Å². The molecule has 0 aromatic heterocycles. The van der Waals surface area contributed by atoms with Crippen LogP contribution in [0.2, 0.25) is 0 Å². The third kappa shape index (κ3) is 4.58. The lowest BCUT2D eigenvalue weighted by Gasteiger charge is -2.33. The summed E-state index contributed by atoms with van der Waals surface area (Å²) in [5, 5.41) is 0. The molecule has 1 aliphatic rings. The molecule has 1 fully saturated rings. The van der Waals surface area contributed by atoms with Crippen molar-refractivity contribution in [2.24, 2.45) is 5.73 Å². The van der Waals surface area contributed by atoms with Gasteiger partial charge in [0.2, 0.25) is 0 Å². The van der Waals surface area contributed by atoms with Gasteiger partial charge in [-0.15, -0.1) is 0 Å². The molecule has 0 bridgehead atoms. The summed E-state index contributed by atoms with van der Waals surface area (Å²) in [7, 11) is 0. The van der Waals surface area contributed by atoms with Crippen molar-refractivity contribution in [2.75, 3.05) is 0 Å². The smallest absolute Gasteiger partial charge is 0.134 e. The quantitative estimate of drug-likeness (QED) is 0.778. The van der Waals surface area contributed by atoms with E-state index in [-0.39, 0.29) is 5.54 Å². The van der Waals surface area contributed by atoms with Crippen molar-refractivity contribution >= 4 is 15.9 Å². The van der Waals surface area contributed by atoms with E-state index in [1.165, 1.54) is 30.4 Å². The molecule has 122 valence electrons. The Labute approximate surface area is 147 Å². The minimum atomic E-state index is -0.0389. The molecule has 0 aliphatic heterocycles. The minimum absolute atomic E-state index is 0.0389. The lowest BCUT2D eigenvalue weighted by Crippen LogP contribution is -2.43. The SMILES string of the molecule is NC1(Cc2ccc(Br)c(OCc3ccccc3)c2)CCCCC1. The van der Waals surface area contributed by atoms with Crippen LogP contribution in [0.4, 0.5) is 0 Å². The first-order chi connectivity index (χ1) is 11.1. The number of hydrogen-bond acceptors (Lipinski definition) is 2. The Kier molecular flexibility index (Phi) is 5.39. The molecular formula is C20H24BrNO. The average Bonchev–Trinajstić information content (AvgIpc) is 2.57. The number of ether oxygens (including phenoxy) is 1. The minimum Gasteiger partial charge on any atom is -0.488 e. The van der Waals surface area contributed by atoms with Gasteiger partial charge in [-0.05, 0) is 58.5 Å². The van der Waals surface area contributed by atoms with Crippen molar-refractivity contribution in [3.8, 4) is 5.75 Å². The highest BCUT2D eigenvalue weighted by Gasteiger charge is 2.27. The summed E-state index contributed by atoms with van der Waals surface area (Å²) in [6.07, 6.45) is 7.02. The Morgan fingerprint density at radius 2 is 1.70 bits per heavy atom.